The summed E-state index contributed by atoms with van der Waals surface area (Å²) in [4.78, 5) is 12.2. The Morgan fingerprint density at radius 3 is 2.58 bits per heavy atom. The summed E-state index contributed by atoms with van der Waals surface area (Å²) in [6.07, 6.45) is 10.7. The number of carbonyl (C=O) groups is 1. The summed E-state index contributed by atoms with van der Waals surface area (Å²) >= 11 is 0. The van der Waals surface area contributed by atoms with Crippen LogP contribution in [-0.4, -0.2) is 32.1 Å². The molecule has 1 spiro atoms. The molecule has 1 aliphatic heterocycles. The number of allylic oxidation sites excluding steroid dienone is 2. The third kappa shape index (κ3) is 2.37. The Morgan fingerprint density at radius 2 is 1.88 bits per heavy atom. The smallest absolute Gasteiger partial charge is 0.306 e. The third-order valence-electron chi connectivity index (χ3n) is 8.37. The van der Waals surface area contributed by atoms with Gasteiger partial charge in [-0.25, -0.2) is 0 Å². The minimum absolute atomic E-state index is 0.00850. The molecule has 0 amide bonds. The molecule has 2 saturated carbocycles. The minimum atomic E-state index is -0.422. The van der Waals surface area contributed by atoms with Crippen LogP contribution in [0.15, 0.2) is 11.6 Å². The van der Waals surface area contributed by atoms with Crippen LogP contribution in [0.3, 0.4) is 0 Å². The van der Waals surface area contributed by atoms with Crippen LogP contribution >= 0.6 is 0 Å². The maximum absolute atomic E-state index is 12.2. The monoisotopic (exact) mass is 362 g/mol. The Labute approximate surface area is 157 Å². The summed E-state index contributed by atoms with van der Waals surface area (Å²) in [6, 6.07) is 0. The Bertz CT molecular complexity index is 616. The van der Waals surface area contributed by atoms with E-state index in [-0.39, 0.29) is 22.2 Å². The normalized spacial score (nSPS) is 40.5. The molecule has 4 aliphatic rings. The van der Waals surface area contributed by atoms with Gasteiger partial charge in [0.2, 0.25) is 0 Å². The topological polar surface area (TPSA) is 44.8 Å². The van der Waals surface area contributed by atoms with E-state index >= 15 is 0 Å². The molecule has 1 saturated heterocycles. The Balaban J connectivity index is 1.72. The van der Waals surface area contributed by atoms with Crippen LogP contribution < -0.4 is 0 Å². The van der Waals surface area contributed by atoms with Crippen molar-refractivity contribution >= 4 is 5.97 Å². The average Bonchev–Trinajstić information content (AvgIpc) is 3.09. The number of methoxy groups -OCH3 is 1. The van der Waals surface area contributed by atoms with E-state index in [1.807, 2.05) is 0 Å². The van der Waals surface area contributed by atoms with Crippen molar-refractivity contribution in [1.29, 1.82) is 0 Å². The zero-order valence-electron chi connectivity index (χ0n) is 16.9. The van der Waals surface area contributed by atoms with E-state index in [1.54, 1.807) is 5.57 Å². The maximum Gasteiger partial charge on any atom is 0.306 e. The van der Waals surface area contributed by atoms with Gasteiger partial charge in [0.05, 0.1) is 26.7 Å². The molecule has 0 aromatic carbocycles. The van der Waals surface area contributed by atoms with Gasteiger partial charge in [-0.1, -0.05) is 32.4 Å². The molecule has 26 heavy (non-hydrogen) atoms. The minimum Gasteiger partial charge on any atom is -0.469 e. The summed E-state index contributed by atoms with van der Waals surface area (Å²) in [5.74, 6) is 0.0280. The molecule has 0 aromatic heterocycles. The first-order valence-electron chi connectivity index (χ1n) is 10.4. The molecule has 0 aromatic rings. The van der Waals surface area contributed by atoms with Crippen molar-refractivity contribution in [3.63, 3.8) is 0 Å². The Hall–Kier alpha value is -0.870. The highest BCUT2D eigenvalue weighted by molar-refractivity contribution is 5.71. The van der Waals surface area contributed by atoms with Gasteiger partial charge in [0.25, 0.3) is 0 Å². The number of hydrogen-bond acceptors (Lipinski definition) is 4. The van der Waals surface area contributed by atoms with Crippen molar-refractivity contribution in [3.8, 4) is 0 Å². The van der Waals surface area contributed by atoms with Gasteiger partial charge in [-0.05, 0) is 49.9 Å². The van der Waals surface area contributed by atoms with Crippen molar-refractivity contribution in [1.82, 2.24) is 0 Å². The lowest BCUT2D eigenvalue weighted by Crippen LogP contribution is -2.62. The number of hydrogen-bond donors (Lipinski definition) is 0. The van der Waals surface area contributed by atoms with E-state index in [1.165, 1.54) is 13.5 Å². The molecule has 1 heterocycles. The summed E-state index contributed by atoms with van der Waals surface area (Å²) in [7, 11) is 1.51. The summed E-state index contributed by atoms with van der Waals surface area (Å²) in [5, 5.41) is 0. The van der Waals surface area contributed by atoms with Gasteiger partial charge in [0, 0.05) is 17.3 Å². The van der Waals surface area contributed by atoms with Gasteiger partial charge in [0.15, 0.2) is 5.79 Å². The Kier molecular flexibility index (Phi) is 4.31. The van der Waals surface area contributed by atoms with Crippen LogP contribution in [0.4, 0.5) is 0 Å². The van der Waals surface area contributed by atoms with Crippen molar-refractivity contribution in [2.24, 2.45) is 22.2 Å². The second-order valence-electron chi connectivity index (χ2n) is 9.72. The molecule has 4 nitrogen and oxygen atoms in total. The molecule has 1 unspecified atom stereocenters. The zero-order valence-corrected chi connectivity index (χ0v) is 16.9. The van der Waals surface area contributed by atoms with Crippen LogP contribution in [-0.2, 0) is 19.0 Å². The largest absolute Gasteiger partial charge is 0.469 e. The van der Waals surface area contributed by atoms with Gasteiger partial charge in [0.1, 0.15) is 0 Å². The Morgan fingerprint density at radius 1 is 1.15 bits per heavy atom. The number of esters is 1. The molecular weight excluding hydrogens is 328 g/mol. The highest BCUT2D eigenvalue weighted by atomic mass is 16.7. The van der Waals surface area contributed by atoms with Crippen LogP contribution in [0, 0.1) is 22.2 Å². The molecule has 3 atom stereocenters. The fourth-order valence-corrected chi connectivity index (χ4v) is 7.13. The number of carbonyl (C=O) groups excluding carboxylic acids is 1. The highest BCUT2D eigenvalue weighted by Gasteiger charge is 2.66. The summed E-state index contributed by atoms with van der Waals surface area (Å²) in [6.45, 7) is 8.56. The lowest BCUT2D eigenvalue weighted by Gasteiger charge is -2.64. The molecule has 0 radical (unpaired) electrons. The third-order valence-corrected chi connectivity index (χ3v) is 8.37. The van der Waals surface area contributed by atoms with Crippen molar-refractivity contribution in [2.45, 2.75) is 77.9 Å². The van der Waals surface area contributed by atoms with Crippen LogP contribution in [0.1, 0.15) is 72.1 Å². The van der Waals surface area contributed by atoms with Gasteiger partial charge in [-0.3, -0.25) is 4.79 Å². The maximum atomic E-state index is 12.2. The molecule has 0 N–H and O–H groups in total. The van der Waals surface area contributed by atoms with Crippen molar-refractivity contribution in [2.75, 3.05) is 20.3 Å². The fraction of sp³-hybridized carbons (Fsp3) is 0.864. The summed E-state index contributed by atoms with van der Waals surface area (Å²) in [5.41, 5.74) is 1.64. The van der Waals surface area contributed by atoms with Crippen molar-refractivity contribution in [3.05, 3.63) is 11.6 Å². The van der Waals surface area contributed by atoms with Gasteiger partial charge in [-0.15, -0.1) is 0 Å². The van der Waals surface area contributed by atoms with Crippen LogP contribution in [0.2, 0.25) is 0 Å². The predicted octanol–water partition coefficient (Wildman–Crippen LogP) is 4.63. The SMILES string of the molecule is COC(=O)C[C@]12CCCC=C1[C@@]1(C)CCC3(OCCO3)C(C)(C)C1CC2. The molecular formula is C22H34O4. The van der Waals surface area contributed by atoms with Crippen LogP contribution in [0.5, 0.6) is 0 Å². The van der Waals surface area contributed by atoms with Crippen LogP contribution in [0.25, 0.3) is 0 Å². The molecule has 3 fully saturated rings. The second-order valence-corrected chi connectivity index (χ2v) is 9.72. The quantitative estimate of drug-likeness (QED) is 0.531. The lowest BCUT2D eigenvalue weighted by atomic mass is 9.42. The van der Waals surface area contributed by atoms with Gasteiger partial charge >= 0.3 is 5.97 Å². The molecule has 4 heteroatoms. The van der Waals surface area contributed by atoms with Gasteiger partial charge < -0.3 is 14.2 Å². The lowest BCUT2D eigenvalue weighted by molar-refractivity contribution is -0.285. The molecule has 3 aliphatic carbocycles. The first kappa shape index (κ1) is 18.5. The fourth-order valence-electron chi connectivity index (χ4n) is 7.13. The van der Waals surface area contributed by atoms with E-state index < -0.39 is 5.79 Å². The first-order chi connectivity index (χ1) is 12.3. The highest BCUT2D eigenvalue weighted by Crippen LogP contribution is 2.69. The zero-order chi connectivity index (χ0) is 18.6. The van der Waals surface area contributed by atoms with E-state index in [4.69, 9.17) is 14.2 Å². The van der Waals surface area contributed by atoms with E-state index in [0.29, 0.717) is 25.6 Å². The molecule has 146 valence electrons. The number of ether oxygens (including phenoxy) is 3. The number of fused-ring (bicyclic) bond motifs is 3. The first-order valence-corrected chi connectivity index (χ1v) is 10.4. The number of rotatable bonds is 2. The average molecular weight is 363 g/mol. The standard InChI is InChI=1S/C22H34O4/c1-19(2)16-8-10-21(15-18(23)24-4)9-6-5-7-17(21)20(16,3)11-12-22(19)25-13-14-26-22/h7,16H,5-6,8-15H2,1-4H3/t16?,20-,21+/m0/s1. The predicted molar refractivity (Wildman–Crippen MR) is 99.5 cm³/mol. The molecule has 0 bridgehead atoms. The van der Waals surface area contributed by atoms with Crippen molar-refractivity contribution < 1.29 is 19.0 Å². The van der Waals surface area contributed by atoms with E-state index in [2.05, 4.69) is 26.8 Å². The van der Waals surface area contributed by atoms with Gasteiger partial charge in [-0.2, -0.15) is 0 Å². The molecule has 4 rings (SSSR count). The van der Waals surface area contributed by atoms with E-state index in [9.17, 15) is 4.79 Å². The van der Waals surface area contributed by atoms with E-state index in [0.717, 1.165) is 38.5 Å². The summed E-state index contributed by atoms with van der Waals surface area (Å²) < 4.78 is 17.5. The second kappa shape index (κ2) is 6.07.